The van der Waals surface area contributed by atoms with Crippen LogP contribution < -0.4 is 0 Å². The van der Waals surface area contributed by atoms with E-state index in [-0.39, 0.29) is 24.5 Å². The average molecular weight is 303 g/mol. The van der Waals surface area contributed by atoms with Crippen molar-refractivity contribution in [2.45, 2.75) is 26.2 Å². The fourth-order valence-electron chi connectivity index (χ4n) is 1.43. The van der Waals surface area contributed by atoms with Gasteiger partial charge in [0, 0.05) is 6.54 Å². The molecule has 0 bridgehead atoms. The predicted octanol–water partition coefficient (Wildman–Crippen LogP) is 0.254. The second-order valence-electron chi connectivity index (χ2n) is 4.12. The van der Waals surface area contributed by atoms with Gasteiger partial charge in [-0.25, -0.2) is 0 Å². The van der Waals surface area contributed by atoms with E-state index in [0.29, 0.717) is 13.1 Å². The molecule has 0 heterocycles. The molecule has 0 unspecified atom stereocenters. The molecule has 2 N–H and O–H groups in total. The Morgan fingerprint density at radius 3 is 1.78 bits per heavy atom. The van der Waals surface area contributed by atoms with Crippen molar-refractivity contribution in [3.63, 3.8) is 0 Å². The molecule has 0 saturated carbocycles. The number of unbranched alkanes of at least 4 members (excludes halogenated alkanes) is 1. The molecule has 0 spiro atoms. The maximum Gasteiger partial charge on any atom is 0.266 e. The molecule has 0 aliphatic rings. The Labute approximate surface area is 109 Å². The third-order valence-corrected chi connectivity index (χ3v) is 3.87. The highest BCUT2D eigenvalue weighted by Gasteiger charge is 2.12. The summed E-state index contributed by atoms with van der Waals surface area (Å²) in [5.74, 6) is -0.718. The molecule has 0 amide bonds. The molecule has 0 aromatic rings. The van der Waals surface area contributed by atoms with Gasteiger partial charge >= 0.3 is 0 Å². The van der Waals surface area contributed by atoms with Crippen LogP contribution in [0.25, 0.3) is 0 Å². The molecule has 0 atom stereocenters. The topological polar surface area (TPSA) is 112 Å². The van der Waals surface area contributed by atoms with E-state index in [1.165, 1.54) is 0 Å². The Morgan fingerprint density at radius 1 is 0.833 bits per heavy atom. The number of hydrogen-bond donors (Lipinski definition) is 2. The van der Waals surface area contributed by atoms with Crippen LogP contribution in [0.4, 0.5) is 0 Å². The van der Waals surface area contributed by atoms with E-state index in [4.69, 9.17) is 9.11 Å². The SMILES string of the molecule is CCCCN(CCCS(=O)(=O)O)CCS(=O)(=O)O. The summed E-state index contributed by atoms with van der Waals surface area (Å²) < 4.78 is 59.6. The van der Waals surface area contributed by atoms with Crippen molar-refractivity contribution in [2.24, 2.45) is 0 Å². The van der Waals surface area contributed by atoms with Gasteiger partial charge in [-0.1, -0.05) is 13.3 Å². The lowest BCUT2D eigenvalue weighted by Gasteiger charge is -2.20. The Morgan fingerprint density at radius 2 is 1.33 bits per heavy atom. The summed E-state index contributed by atoms with van der Waals surface area (Å²) in [6.07, 6.45) is 2.02. The van der Waals surface area contributed by atoms with Crippen molar-refractivity contribution in [3.8, 4) is 0 Å². The third kappa shape index (κ3) is 12.2. The van der Waals surface area contributed by atoms with Crippen molar-refractivity contribution in [2.75, 3.05) is 31.1 Å². The van der Waals surface area contributed by atoms with Crippen molar-refractivity contribution in [3.05, 3.63) is 0 Å². The number of rotatable bonds is 10. The fourth-order valence-corrected chi connectivity index (χ4v) is 2.41. The summed E-state index contributed by atoms with van der Waals surface area (Å²) in [6, 6.07) is 0. The first-order valence-corrected chi connectivity index (χ1v) is 8.98. The maximum atomic E-state index is 10.6. The average Bonchev–Trinajstić information content (AvgIpc) is 2.18. The summed E-state index contributed by atoms with van der Waals surface area (Å²) in [7, 11) is -7.98. The first-order chi connectivity index (χ1) is 8.14. The molecule has 0 aromatic heterocycles. The van der Waals surface area contributed by atoms with Crippen molar-refractivity contribution in [1.82, 2.24) is 4.90 Å². The molecule has 18 heavy (non-hydrogen) atoms. The van der Waals surface area contributed by atoms with Gasteiger partial charge in [0.15, 0.2) is 0 Å². The standard InChI is InChI=1S/C9H21NO6S2/c1-2-3-5-10(7-9-18(14,15)16)6-4-8-17(11,12)13/h2-9H2,1H3,(H,11,12,13)(H,14,15,16). The van der Waals surface area contributed by atoms with Crippen molar-refractivity contribution in [1.29, 1.82) is 0 Å². The number of hydrogen-bond acceptors (Lipinski definition) is 5. The highest BCUT2D eigenvalue weighted by molar-refractivity contribution is 7.86. The minimum atomic E-state index is -4.01. The lowest BCUT2D eigenvalue weighted by Crippen LogP contribution is -2.32. The monoisotopic (exact) mass is 303 g/mol. The molecule has 0 radical (unpaired) electrons. The zero-order chi connectivity index (χ0) is 14.2. The predicted molar refractivity (Wildman–Crippen MR) is 68.8 cm³/mol. The van der Waals surface area contributed by atoms with E-state index < -0.39 is 20.2 Å². The molecule has 9 heteroatoms. The van der Waals surface area contributed by atoms with Gasteiger partial charge in [0.2, 0.25) is 0 Å². The lowest BCUT2D eigenvalue weighted by atomic mass is 10.3. The van der Waals surface area contributed by atoms with Gasteiger partial charge < -0.3 is 4.90 Å². The van der Waals surface area contributed by atoms with Gasteiger partial charge in [0.05, 0.1) is 11.5 Å². The Kier molecular flexibility index (Phi) is 7.95. The third-order valence-electron chi connectivity index (χ3n) is 2.37. The van der Waals surface area contributed by atoms with Crippen molar-refractivity contribution < 1.29 is 25.9 Å². The fraction of sp³-hybridized carbons (Fsp3) is 1.00. The Bertz CT molecular complexity index is 416. The van der Waals surface area contributed by atoms with Crippen LogP contribution in [0.5, 0.6) is 0 Å². The number of nitrogens with zero attached hydrogens (tertiary/aromatic N) is 1. The van der Waals surface area contributed by atoms with Crippen molar-refractivity contribution >= 4 is 20.2 Å². The quantitative estimate of drug-likeness (QED) is 0.556. The molecule has 110 valence electrons. The molecular weight excluding hydrogens is 282 g/mol. The molecular formula is C9H21NO6S2. The molecule has 7 nitrogen and oxygen atoms in total. The van der Waals surface area contributed by atoms with Crippen LogP contribution in [0.2, 0.25) is 0 Å². The highest BCUT2D eigenvalue weighted by Crippen LogP contribution is 2.00. The van der Waals surface area contributed by atoms with E-state index in [1.807, 2.05) is 6.92 Å². The second kappa shape index (κ2) is 8.05. The molecule has 0 fully saturated rings. The zero-order valence-corrected chi connectivity index (χ0v) is 12.1. The summed E-state index contributed by atoms with van der Waals surface area (Å²) >= 11 is 0. The van der Waals surface area contributed by atoms with Gasteiger partial charge in [-0.05, 0) is 25.9 Å². The molecule has 0 aromatic carbocycles. The summed E-state index contributed by atoms with van der Waals surface area (Å²) in [5.41, 5.74) is 0. The Hall–Kier alpha value is -0.220. The van der Waals surface area contributed by atoms with Crippen LogP contribution in [-0.4, -0.2) is 62.0 Å². The van der Waals surface area contributed by atoms with Crippen LogP contribution in [0.3, 0.4) is 0 Å². The largest absolute Gasteiger partial charge is 0.302 e. The second-order valence-corrected chi connectivity index (χ2v) is 7.26. The van der Waals surface area contributed by atoms with Crippen LogP contribution in [-0.2, 0) is 20.2 Å². The summed E-state index contributed by atoms with van der Waals surface area (Å²) in [6.45, 7) is 3.15. The molecule has 0 rings (SSSR count). The molecule has 0 aliphatic heterocycles. The lowest BCUT2D eigenvalue weighted by molar-refractivity contribution is 0.282. The van der Waals surface area contributed by atoms with Crippen LogP contribution in [0, 0.1) is 0 Å². The molecule has 0 aliphatic carbocycles. The van der Waals surface area contributed by atoms with E-state index in [2.05, 4.69) is 0 Å². The highest BCUT2D eigenvalue weighted by atomic mass is 32.2. The summed E-state index contributed by atoms with van der Waals surface area (Å²) in [5, 5.41) is 0. The zero-order valence-electron chi connectivity index (χ0n) is 10.4. The van der Waals surface area contributed by atoms with Crippen LogP contribution in [0.15, 0.2) is 0 Å². The normalized spacial score (nSPS) is 13.1. The van der Waals surface area contributed by atoms with Gasteiger partial charge in [-0.15, -0.1) is 0 Å². The van der Waals surface area contributed by atoms with Gasteiger partial charge in [-0.2, -0.15) is 16.8 Å². The minimum Gasteiger partial charge on any atom is -0.302 e. The van der Waals surface area contributed by atoms with E-state index in [1.54, 1.807) is 4.90 Å². The first-order valence-electron chi connectivity index (χ1n) is 5.76. The van der Waals surface area contributed by atoms with Gasteiger partial charge in [0.25, 0.3) is 20.2 Å². The van der Waals surface area contributed by atoms with Gasteiger partial charge in [0.1, 0.15) is 0 Å². The smallest absolute Gasteiger partial charge is 0.266 e. The van der Waals surface area contributed by atoms with E-state index in [9.17, 15) is 16.8 Å². The van der Waals surface area contributed by atoms with E-state index in [0.717, 1.165) is 12.8 Å². The minimum absolute atomic E-state index is 0.157. The maximum absolute atomic E-state index is 10.6. The van der Waals surface area contributed by atoms with Gasteiger partial charge in [-0.3, -0.25) is 9.11 Å². The first kappa shape index (κ1) is 17.8. The van der Waals surface area contributed by atoms with E-state index >= 15 is 0 Å². The van der Waals surface area contributed by atoms with Crippen LogP contribution >= 0.6 is 0 Å². The Balaban J connectivity index is 4.14. The molecule has 0 saturated heterocycles. The summed E-state index contributed by atoms with van der Waals surface area (Å²) in [4.78, 5) is 1.77. The van der Waals surface area contributed by atoms with Crippen LogP contribution in [0.1, 0.15) is 26.2 Å².